The molecule has 2 saturated heterocycles. The van der Waals surface area contributed by atoms with E-state index >= 15 is 0 Å². The van der Waals surface area contributed by atoms with Crippen molar-refractivity contribution in [3.05, 3.63) is 35.9 Å². The fourth-order valence-electron chi connectivity index (χ4n) is 4.35. The van der Waals surface area contributed by atoms with Crippen LogP contribution >= 0.6 is 24.0 Å². The highest BCUT2D eigenvalue weighted by Crippen LogP contribution is 2.20. The highest BCUT2D eigenvalue weighted by Gasteiger charge is 2.26. The Morgan fingerprint density at radius 1 is 1.10 bits per heavy atom. The molecule has 2 aliphatic rings. The third-order valence-corrected chi connectivity index (χ3v) is 7.43. The van der Waals surface area contributed by atoms with Crippen molar-refractivity contribution < 1.29 is 8.42 Å². The van der Waals surface area contributed by atoms with Gasteiger partial charge < -0.3 is 10.6 Å². The van der Waals surface area contributed by atoms with E-state index in [1.807, 2.05) is 0 Å². The quantitative estimate of drug-likeness (QED) is 0.289. The van der Waals surface area contributed by atoms with Crippen molar-refractivity contribution in [2.75, 3.05) is 45.5 Å². The van der Waals surface area contributed by atoms with E-state index in [-0.39, 0.29) is 24.0 Å². The molecule has 0 saturated carbocycles. The van der Waals surface area contributed by atoms with Crippen molar-refractivity contribution in [3.8, 4) is 0 Å². The van der Waals surface area contributed by atoms with Crippen LogP contribution in [0, 0.1) is 5.92 Å². The molecule has 7 nitrogen and oxygen atoms in total. The van der Waals surface area contributed by atoms with Gasteiger partial charge in [0.25, 0.3) is 0 Å². The number of halogens is 1. The molecule has 3 rings (SSSR count). The van der Waals surface area contributed by atoms with Crippen LogP contribution in [-0.2, 0) is 16.6 Å². The van der Waals surface area contributed by atoms with E-state index in [4.69, 9.17) is 4.99 Å². The number of hydrogen-bond donors (Lipinski definition) is 2. The number of sulfonamides is 1. The first kappa shape index (κ1) is 26.3. The lowest BCUT2D eigenvalue weighted by atomic mass is 9.98. The van der Waals surface area contributed by atoms with Gasteiger partial charge in [-0.15, -0.1) is 24.0 Å². The zero-order valence-electron chi connectivity index (χ0n) is 18.8. The van der Waals surface area contributed by atoms with E-state index in [2.05, 4.69) is 52.8 Å². The Kier molecular flexibility index (Phi) is 11.0. The molecule has 1 aromatic rings. The van der Waals surface area contributed by atoms with Crippen molar-refractivity contribution in [2.24, 2.45) is 10.9 Å². The summed E-state index contributed by atoms with van der Waals surface area (Å²) in [6, 6.07) is 11.2. The Morgan fingerprint density at radius 3 is 2.45 bits per heavy atom. The number of piperidine rings is 1. The second-order valence-corrected chi connectivity index (χ2v) is 10.4. The van der Waals surface area contributed by atoms with Gasteiger partial charge in [0, 0.05) is 45.3 Å². The molecule has 31 heavy (non-hydrogen) atoms. The van der Waals surface area contributed by atoms with E-state index < -0.39 is 10.0 Å². The van der Waals surface area contributed by atoms with Crippen LogP contribution in [0.5, 0.6) is 0 Å². The Bertz CT molecular complexity index is 782. The molecule has 2 heterocycles. The molecule has 1 atom stereocenters. The minimum absolute atomic E-state index is 0. The first-order valence-electron chi connectivity index (χ1n) is 11.2. The number of likely N-dealkylation sites (tertiary alicyclic amines) is 1. The van der Waals surface area contributed by atoms with E-state index in [0.717, 1.165) is 51.5 Å². The van der Waals surface area contributed by atoms with Gasteiger partial charge in [0.15, 0.2) is 5.96 Å². The van der Waals surface area contributed by atoms with Crippen molar-refractivity contribution in [1.82, 2.24) is 19.8 Å². The molecule has 0 aliphatic carbocycles. The number of nitrogens with one attached hydrogen (secondary N) is 2. The van der Waals surface area contributed by atoms with Gasteiger partial charge in [-0.1, -0.05) is 30.3 Å². The molecular weight excluding hydrogens is 525 g/mol. The largest absolute Gasteiger partial charge is 0.357 e. The molecule has 0 spiro atoms. The van der Waals surface area contributed by atoms with Gasteiger partial charge in [0.05, 0.1) is 6.26 Å². The minimum atomic E-state index is -3.07. The van der Waals surface area contributed by atoms with Crippen molar-refractivity contribution in [1.29, 1.82) is 0 Å². The fourth-order valence-corrected chi connectivity index (χ4v) is 5.23. The third kappa shape index (κ3) is 8.51. The topological polar surface area (TPSA) is 77.0 Å². The summed E-state index contributed by atoms with van der Waals surface area (Å²) in [6.07, 6.45) is 5.50. The van der Waals surface area contributed by atoms with Gasteiger partial charge in [-0.05, 0) is 50.6 Å². The number of hydrogen-bond acceptors (Lipinski definition) is 4. The molecule has 0 amide bonds. The van der Waals surface area contributed by atoms with Gasteiger partial charge in [-0.25, -0.2) is 12.7 Å². The lowest BCUT2D eigenvalue weighted by Gasteiger charge is -2.29. The smallest absolute Gasteiger partial charge is 0.211 e. The fraction of sp³-hybridized carbons (Fsp3) is 0.682. The SMILES string of the molecule is CCNC(=NCC1CCN(S(C)(=O)=O)CC1)NCC1CCCN1Cc1ccccc1.I. The van der Waals surface area contributed by atoms with Crippen LogP contribution in [0.1, 0.15) is 38.2 Å². The van der Waals surface area contributed by atoms with Crippen LogP contribution in [0.15, 0.2) is 35.3 Å². The maximum Gasteiger partial charge on any atom is 0.211 e. The first-order valence-corrected chi connectivity index (χ1v) is 13.1. The van der Waals surface area contributed by atoms with Crippen LogP contribution < -0.4 is 10.6 Å². The monoisotopic (exact) mass is 563 g/mol. The van der Waals surface area contributed by atoms with E-state index in [9.17, 15) is 8.42 Å². The maximum absolute atomic E-state index is 11.7. The third-order valence-electron chi connectivity index (χ3n) is 6.13. The van der Waals surface area contributed by atoms with E-state index in [1.165, 1.54) is 24.7 Å². The minimum Gasteiger partial charge on any atom is -0.357 e. The summed E-state index contributed by atoms with van der Waals surface area (Å²) >= 11 is 0. The Labute approximate surface area is 205 Å². The summed E-state index contributed by atoms with van der Waals surface area (Å²) in [4.78, 5) is 7.36. The summed E-state index contributed by atoms with van der Waals surface area (Å²) in [5.74, 6) is 1.31. The number of aliphatic imine (C=N–C) groups is 1. The normalized spacial score (nSPS) is 21.6. The molecule has 0 radical (unpaired) electrons. The van der Waals surface area contributed by atoms with Crippen LogP contribution in [0.3, 0.4) is 0 Å². The Morgan fingerprint density at radius 2 is 1.81 bits per heavy atom. The van der Waals surface area contributed by atoms with Crippen LogP contribution in [0.2, 0.25) is 0 Å². The summed E-state index contributed by atoms with van der Waals surface area (Å²) < 4.78 is 24.9. The molecule has 2 N–H and O–H groups in total. The molecule has 9 heteroatoms. The Hall–Kier alpha value is -0.910. The van der Waals surface area contributed by atoms with Crippen LogP contribution in [0.25, 0.3) is 0 Å². The number of benzene rings is 1. The summed E-state index contributed by atoms with van der Waals surface area (Å²) in [7, 11) is -3.07. The van der Waals surface area contributed by atoms with Crippen molar-refractivity contribution in [3.63, 3.8) is 0 Å². The average Bonchev–Trinajstić information content (AvgIpc) is 3.17. The predicted octanol–water partition coefficient (Wildman–Crippen LogP) is 2.50. The number of rotatable bonds is 8. The van der Waals surface area contributed by atoms with E-state index in [1.54, 1.807) is 4.31 Å². The average molecular weight is 564 g/mol. The maximum atomic E-state index is 11.7. The molecule has 1 aromatic carbocycles. The second kappa shape index (κ2) is 13.0. The van der Waals surface area contributed by atoms with Gasteiger partial charge >= 0.3 is 0 Å². The number of guanidine groups is 1. The van der Waals surface area contributed by atoms with Crippen molar-refractivity contribution >= 4 is 40.0 Å². The predicted molar refractivity (Wildman–Crippen MR) is 138 cm³/mol. The van der Waals surface area contributed by atoms with Gasteiger partial charge in [-0.2, -0.15) is 0 Å². The molecule has 0 bridgehead atoms. The second-order valence-electron chi connectivity index (χ2n) is 8.46. The van der Waals surface area contributed by atoms with Crippen molar-refractivity contribution in [2.45, 2.75) is 45.2 Å². The van der Waals surface area contributed by atoms with Crippen LogP contribution in [-0.4, -0.2) is 75.1 Å². The highest BCUT2D eigenvalue weighted by atomic mass is 127. The molecule has 2 fully saturated rings. The lowest BCUT2D eigenvalue weighted by Crippen LogP contribution is -2.45. The first-order chi connectivity index (χ1) is 14.5. The van der Waals surface area contributed by atoms with Gasteiger partial charge in [-0.3, -0.25) is 9.89 Å². The standard InChI is InChI=1S/C22H37N5O2S.HI/c1-3-23-22(24-16-19-11-14-27(15-12-19)30(2,28)29)25-17-21-10-7-13-26(21)18-20-8-5-4-6-9-20;/h4-6,8-9,19,21H,3,7,10-18H2,1-2H3,(H2,23,24,25);1H. The molecule has 176 valence electrons. The molecule has 2 aliphatic heterocycles. The highest BCUT2D eigenvalue weighted by molar-refractivity contribution is 14.0. The van der Waals surface area contributed by atoms with Gasteiger partial charge in [0.1, 0.15) is 0 Å². The zero-order chi connectivity index (χ0) is 21.4. The van der Waals surface area contributed by atoms with E-state index in [0.29, 0.717) is 25.0 Å². The molecule has 1 unspecified atom stereocenters. The summed E-state index contributed by atoms with van der Waals surface area (Å²) in [5.41, 5.74) is 1.37. The molecular formula is C22H38IN5O2S. The number of nitrogens with zero attached hydrogens (tertiary/aromatic N) is 3. The summed E-state index contributed by atoms with van der Waals surface area (Å²) in [5, 5.41) is 6.90. The molecule has 0 aromatic heterocycles. The Balaban J connectivity index is 0.00000341. The summed E-state index contributed by atoms with van der Waals surface area (Å²) in [6.45, 7) is 7.92. The zero-order valence-corrected chi connectivity index (χ0v) is 21.9. The van der Waals surface area contributed by atoms with Gasteiger partial charge in [0.2, 0.25) is 10.0 Å². The van der Waals surface area contributed by atoms with Crippen LogP contribution in [0.4, 0.5) is 0 Å². The lowest BCUT2D eigenvalue weighted by molar-refractivity contribution is 0.245.